The summed E-state index contributed by atoms with van der Waals surface area (Å²) in [5.74, 6) is -0.198. The van der Waals surface area contributed by atoms with Crippen molar-refractivity contribution in [1.29, 1.82) is 0 Å². The van der Waals surface area contributed by atoms with Crippen LogP contribution in [0.4, 0.5) is 5.69 Å². The normalized spacial score (nSPS) is 18.9. The van der Waals surface area contributed by atoms with Crippen LogP contribution in [-0.2, 0) is 9.53 Å². The van der Waals surface area contributed by atoms with Crippen molar-refractivity contribution in [3.8, 4) is 0 Å². The lowest BCUT2D eigenvalue weighted by Gasteiger charge is -2.30. The van der Waals surface area contributed by atoms with Crippen LogP contribution in [-0.4, -0.2) is 29.4 Å². The first-order valence-electron chi connectivity index (χ1n) is 9.73. The fraction of sp³-hybridized carbons (Fsp3) is 0.261. The van der Waals surface area contributed by atoms with Crippen LogP contribution < -0.4 is 10.6 Å². The number of amides is 2. The SMILES string of the molecule is CC(=O)N[C@H]1CCO[C@@H](c2cccc(NC(=O)c3ccc4ncccc4c3)c2)C1. The van der Waals surface area contributed by atoms with E-state index >= 15 is 0 Å². The van der Waals surface area contributed by atoms with E-state index in [0.717, 1.165) is 22.9 Å². The van der Waals surface area contributed by atoms with Crippen molar-refractivity contribution in [1.82, 2.24) is 10.3 Å². The molecule has 2 aromatic carbocycles. The lowest BCUT2D eigenvalue weighted by atomic mass is 9.97. The maximum absolute atomic E-state index is 12.7. The third kappa shape index (κ3) is 4.60. The van der Waals surface area contributed by atoms with Crippen molar-refractivity contribution in [2.24, 2.45) is 0 Å². The summed E-state index contributed by atoms with van der Waals surface area (Å²) in [5.41, 5.74) is 3.13. The fourth-order valence-corrected chi connectivity index (χ4v) is 3.68. The summed E-state index contributed by atoms with van der Waals surface area (Å²) >= 11 is 0. The lowest BCUT2D eigenvalue weighted by Crippen LogP contribution is -2.38. The number of carbonyl (C=O) groups excluding carboxylic acids is 2. The van der Waals surface area contributed by atoms with Crippen LogP contribution in [0.15, 0.2) is 60.8 Å². The number of nitrogens with zero attached hydrogens (tertiary/aromatic N) is 1. The van der Waals surface area contributed by atoms with Crippen molar-refractivity contribution in [3.63, 3.8) is 0 Å². The summed E-state index contributed by atoms with van der Waals surface area (Å²) < 4.78 is 5.90. The van der Waals surface area contributed by atoms with Gasteiger partial charge in [0.25, 0.3) is 5.91 Å². The largest absolute Gasteiger partial charge is 0.373 e. The van der Waals surface area contributed by atoms with Crippen LogP contribution in [0.5, 0.6) is 0 Å². The maximum atomic E-state index is 12.7. The Morgan fingerprint density at radius 1 is 1.10 bits per heavy atom. The third-order valence-electron chi connectivity index (χ3n) is 5.07. The molecule has 0 unspecified atom stereocenters. The van der Waals surface area contributed by atoms with Crippen LogP contribution in [0.25, 0.3) is 10.9 Å². The van der Waals surface area contributed by atoms with Gasteiger partial charge in [0.15, 0.2) is 0 Å². The number of carbonyl (C=O) groups is 2. The number of hydrogen-bond acceptors (Lipinski definition) is 4. The van der Waals surface area contributed by atoms with Gasteiger partial charge in [-0.05, 0) is 54.8 Å². The summed E-state index contributed by atoms with van der Waals surface area (Å²) in [6.45, 7) is 2.13. The number of fused-ring (bicyclic) bond motifs is 1. The number of pyridine rings is 1. The van der Waals surface area contributed by atoms with Gasteiger partial charge in [-0.3, -0.25) is 14.6 Å². The van der Waals surface area contributed by atoms with Crippen molar-refractivity contribution < 1.29 is 14.3 Å². The van der Waals surface area contributed by atoms with Crippen molar-refractivity contribution in [3.05, 3.63) is 71.9 Å². The number of anilines is 1. The Morgan fingerprint density at radius 3 is 2.86 bits per heavy atom. The maximum Gasteiger partial charge on any atom is 0.255 e. The minimum atomic E-state index is -0.173. The van der Waals surface area contributed by atoms with E-state index in [1.54, 1.807) is 12.3 Å². The Morgan fingerprint density at radius 2 is 2.00 bits per heavy atom. The zero-order valence-corrected chi connectivity index (χ0v) is 16.2. The van der Waals surface area contributed by atoms with E-state index in [0.29, 0.717) is 24.3 Å². The van der Waals surface area contributed by atoms with Gasteiger partial charge in [-0.2, -0.15) is 0 Å². The Kier molecular flexibility index (Phi) is 5.53. The van der Waals surface area contributed by atoms with Crippen LogP contribution in [0, 0.1) is 0 Å². The van der Waals surface area contributed by atoms with Crippen LogP contribution in [0.3, 0.4) is 0 Å². The van der Waals surface area contributed by atoms with Gasteiger partial charge in [0, 0.05) is 42.4 Å². The highest BCUT2D eigenvalue weighted by Crippen LogP contribution is 2.29. The second-order valence-electron chi connectivity index (χ2n) is 7.27. The molecule has 2 amide bonds. The monoisotopic (exact) mass is 389 g/mol. The molecule has 0 radical (unpaired) electrons. The molecule has 2 N–H and O–H groups in total. The predicted molar refractivity (Wildman–Crippen MR) is 112 cm³/mol. The third-order valence-corrected chi connectivity index (χ3v) is 5.07. The average Bonchev–Trinajstić information content (AvgIpc) is 2.73. The lowest BCUT2D eigenvalue weighted by molar-refractivity contribution is -0.120. The highest BCUT2D eigenvalue weighted by Gasteiger charge is 2.24. The van der Waals surface area contributed by atoms with E-state index < -0.39 is 0 Å². The molecule has 1 aliphatic heterocycles. The van der Waals surface area contributed by atoms with Gasteiger partial charge in [0.2, 0.25) is 5.91 Å². The van der Waals surface area contributed by atoms with Crippen LogP contribution in [0.1, 0.15) is 41.8 Å². The first-order valence-corrected chi connectivity index (χ1v) is 9.73. The van der Waals surface area contributed by atoms with Gasteiger partial charge in [-0.15, -0.1) is 0 Å². The quantitative estimate of drug-likeness (QED) is 0.710. The molecule has 0 saturated carbocycles. The Hall–Kier alpha value is -3.25. The molecule has 29 heavy (non-hydrogen) atoms. The number of ether oxygens (including phenoxy) is 1. The van der Waals surface area contributed by atoms with Crippen molar-refractivity contribution in [2.75, 3.05) is 11.9 Å². The number of rotatable bonds is 4. The van der Waals surface area contributed by atoms with E-state index in [-0.39, 0.29) is 24.0 Å². The summed E-state index contributed by atoms with van der Waals surface area (Å²) in [5, 5.41) is 6.86. The summed E-state index contributed by atoms with van der Waals surface area (Å²) in [7, 11) is 0. The standard InChI is InChI=1S/C23H23N3O3/c1-15(27)25-20-9-11-29-22(14-20)17-4-2-6-19(13-17)26-23(28)18-7-8-21-16(12-18)5-3-10-24-21/h2-8,10,12-13,20,22H,9,11,14H2,1H3,(H,25,27)(H,26,28)/t20-,22+/m0/s1. The topological polar surface area (TPSA) is 80.3 Å². The zero-order valence-electron chi connectivity index (χ0n) is 16.2. The van der Waals surface area contributed by atoms with E-state index in [4.69, 9.17) is 4.74 Å². The molecule has 1 saturated heterocycles. The number of benzene rings is 2. The summed E-state index contributed by atoms with van der Waals surface area (Å²) in [6, 6.07) is 17.0. The highest BCUT2D eigenvalue weighted by molar-refractivity contribution is 6.06. The molecular formula is C23H23N3O3. The molecule has 0 aliphatic carbocycles. The minimum absolute atomic E-state index is 0.0257. The van der Waals surface area contributed by atoms with Gasteiger partial charge in [-0.1, -0.05) is 18.2 Å². The highest BCUT2D eigenvalue weighted by atomic mass is 16.5. The van der Waals surface area contributed by atoms with Crippen molar-refractivity contribution in [2.45, 2.75) is 31.9 Å². The molecule has 0 spiro atoms. The first kappa shape index (κ1) is 19.1. The molecule has 148 valence electrons. The predicted octanol–water partition coefficient (Wildman–Crippen LogP) is 3.84. The molecule has 1 aliphatic rings. The first-order chi connectivity index (χ1) is 14.1. The zero-order chi connectivity index (χ0) is 20.2. The smallest absolute Gasteiger partial charge is 0.255 e. The van der Waals surface area contributed by atoms with Crippen LogP contribution >= 0.6 is 0 Å². The van der Waals surface area contributed by atoms with E-state index in [1.165, 1.54) is 6.92 Å². The number of nitrogens with one attached hydrogen (secondary N) is 2. The Labute approximate surface area is 169 Å². The van der Waals surface area contributed by atoms with Crippen LogP contribution in [0.2, 0.25) is 0 Å². The number of hydrogen-bond donors (Lipinski definition) is 2. The van der Waals surface area contributed by atoms with E-state index in [9.17, 15) is 9.59 Å². The average molecular weight is 389 g/mol. The van der Waals surface area contributed by atoms with E-state index in [2.05, 4.69) is 15.6 Å². The molecule has 2 atom stereocenters. The molecule has 6 heteroatoms. The van der Waals surface area contributed by atoms with Gasteiger partial charge < -0.3 is 15.4 Å². The van der Waals surface area contributed by atoms with Gasteiger partial charge in [0.05, 0.1) is 11.6 Å². The molecule has 1 aromatic heterocycles. The Bertz CT molecular complexity index is 1050. The molecule has 2 heterocycles. The Balaban J connectivity index is 1.48. The fourth-order valence-electron chi connectivity index (χ4n) is 3.68. The van der Waals surface area contributed by atoms with Gasteiger partial charge in [0.1, 0.15) is 0 Å². The molecule has 6 nitrogen and oxygen atoms in total. The second kappa shape index (κ2) is 8.41. The van der Waals surface area contributed by atoms with Crippen molar-refractivity contribution >= 4 is 28.4 Å². The molecule has 0 bridgehead atoms. The molecular weight excluding hydrogens is 366 g/mol. The summed E-state index contributed by atoms with van der Waals surface area (Å²) in [6.07, 6.45) is 3.15. The summed E-state index contributed by atoms with van der Waals surface area (Å²) in [4.78, 5) is 28.3. The number of aromatic nitrogens is 1. The second-order valence-corrected chi connectivity index (χ2v) is 7.27. The minimum Gasteiger partial charge on any atom is -0.373 e. The van der Waals surface area contributed by atoms with Gasteiger partial charge in [-0.25, -0.2) is 0 Å². The molecule has 4 rings (SSSR count). The van der Waals surface area contributed by atoms with E-state index in [1.807, 2.05) is 48.5 Å². The van der Waals surface area contributed by atoms with Gasteiger partial charge >= 0.3 is 0 Å². The molecule has 1 fully saturated rings. The molecule has 3 aromatic rings.